The summed E-state index contributed by atoms with van der Waals surface area (Å²) in [5, 5.41) is 14.3. The highest BCUT2D eigenvalue weighted by Crippen LogP contribution is 2.26. The molecule has 0 radical (unpaired) electrons. The fraction of sp³-hybridized carbons (Fsp3) is 0.273. The van der Waals surface area contributed by atoms with Gasteiger partial charge in [0.2, 0.25) is 5.91 Å². The Balaban J connectivity index is 2.09. The molecule has 16 heavy (non-hydrogen) atoms. The summed E-state index contributed by atoms with van der Waals surface area (Å²) in [5.74, 6) is -1.08. The first-order valence-corrected chi connectivity index (χ1v) is 5.05. The third kappa shape index (κ3) is 2.13. The minimum absolute atomic E-state index is 0.0206. The Labute approximate surface area is 92.5 Å². The van der Waals surface area contributed by atoms with Gasteiger partial charge >= 0.3 is 5.97 Å². The van der Waals surface area contributed by atoms with Gasteiger partial charge in [-0.1, -0.05) is 12.1 Å². The summed E-state index contributed by atoms with van der Waals surface area (Å²) in [7, 11) is 0. The molecule has 1 aliphatic heterocycles. The number of rotatable bonds is 3. The van der Waals surface area contributed by atoms with Crippen LogP contribution in [-0.4, -0.2) is 23.0 Å². The summed E-state index contributed by atoms with van der Waals surface area (Å²) in [6, 6.07) is 6.87. The monoisotopic (exact) mass is 220 g/mol. The maximum absolute atomic E-state index is 11.6. The first kappa shape index (κ1) is 10.5. The van der Waals surface area contributed by atoms with Crippen LogP contribution in [0, 0.1) is 0 Å². The van der Waals surface area contributed by atoms with E-state index in [4.69, 9.17) is 5.11 Å². The fourth-order valence-corrected chi connectivity index (χ4v) is 1.66. The molecule has 1 aromatic rings. The van der Waals surface area contributed by atoms with E-state index in [2.05, 4.69) is 10.6 Å². The van der Waals surface area contributed by atoms with E-state index in [1.165, 1.54) is 0 Å². The Morgan fingerprint density at radius 3 is 2.69 bits per heavy atom. The van der Waals surface area contributed by atoms with Crippen LogP contribution in [0.15, 0.2) is 24.3 Å². The second-order valence-corrected chi connectivity index (χ2v) is 3.66. The van der Waals surface area contributed by atoms with Gasteiger partial charge in [0.15, 0.2) is 0 Å². The lowest BCUT2D eigenvalue weighted by molar-refractivity contribution is -0.137. The summed E-state index contributed by atoms with van der Waals surface area (Å²) in [6.07, 6.45) is 0.267. The Kier molecular flexibility index (Phi) is 2.76. The largest absolute Gasteiger partial charge is 0.481 e. The van der Waals surface area contributed by atoms with Crippen LogP contribution in [0.25, 0.3) is 0 Å². The van der Waals surface area contributed by atoms with Gasteiger partial charge in [-0.25, -0.2) is 0 Å². The van der Waals surface area contributed by atoms with Crippen LogP contribution >= 0.6 is 0 Å². The summed E-state index contributed by atoms with van der Waals surface area (Å²) in [6.45, 7) is 0. The van der Waals surface area contributed by atoms with Crippen LogP contribution < -0.4 is 10.6 Å². The second-order valence-electron chi connectivity index (χ2n) is 3.66. The van der Waals surface area contributed by atoms with Crippen molar-refractivity contribution in [3.8, 4) is 0 Å². The van der Waals surface area contributed by atoms with E-state index in [0.29, 0.717) is 0 Å². The molecule has 0 saturated heterocycles. The SMILES string of the molecule is O=C(O)CCC1Nc2ccccc2NC1=O. The van der Waals surface area contributed by atoms with Crippen molar-refractivity contribution in [1.82, 2.24) is 0 Å². The number of hydrogen-bond donors (Lipinski definition) is 3. The summed E-state index contributed by atoms with van der Waals surface area (Å²) in [5.41, 5.74) is 1.57. The number of amides is 1. The summed E-state index contributed by atoms with van der Waals surface area (Å²) in [4.78, 5) is 22.0. The highest BCUT2D eigenvalue weighted by Gasteiger charge is 2.25. The third-order valence-electron chi connectivity index (χ3n) is 2.48. The first-order valence-electron chi connectivity index (χ1n) is 5.05. The van der Waals surface area contributed by atoms with Crippen molar-refractivity contribution in [3.05, 3.63) is 24.3 Å². The predicted octanol–water partition coefficient (Wildman–Crippen LogP) is 1.28. The molecule has 0 aromatic heterocycles. The van der Waals surface area contributed by atoms with Gasteiger partial charge in [-0.05, 0) is 18.6 Å². The van der Waals surface area contributed by atoms with Gasteiger partial charge in [-0.15, -0.1) is 0 Å². The molecule has 0 bridgehead atoms. The number of hydrogen-bond acceptors (Lipinski definition) is 3. The number of carbonyl (C=O) groups is 2. The molecule has 1 unspecified atom stereocenters. The van der Waals surface area contributed by atoms with E-state index in [1.807, 2.05) is 18.2 Å². The van der Waals surface area contributed by atoms with Crippen LogP contribution in [0.5, 0.6) is 0 Å². The van der Waals surface area contributed by atoms with E-state index >= 15 is 0 Å². The molecule has 5 heteroatoms. The molecule has 84 valence electrons. The van der Waals surface area contributed by atoms with Gasteiger partial charge < -0.3 is 15.7 Å². The van der Waals surface area contributed by atoms with E-state index in [0.717, 1.165) is 11.4 Å². The van der Waals surface area contributed by atoms with E-state index in [-0.39, 0.29) is 18.7 Å². The molecule has 0 saturated carbocycles. The fourth-order valence-electron chi connectivity index (χ4n) is 1.66. The van der Waals surface area contributed by atoms with Crippen molar-refractivity contribution >= 4 is 23.3 Å². The van der Waals surface area contributed by atoms with Crippen LogP contribution in [0.4, 0.5) is 11.4 Å². The molecule has 3 N–H and O–H groups in total. The lowest BCUT2D eigenvalue weighted by Crippen LogP contribution is -2.39. The minimum atomic E-state index is -0.895. The van der Waals surface area contributed by atoms with Gasteiger partial charge in [0, 0.05) is 6.42 Å². The standard InChI is InChI=1S/C11H12N2O3/c14-10(15)6-5-9-11(16)13-8-4-2-1-3-7(8)12-9/h1-4,9,12H,5-6H2,(H,13,16)(H,14,15). The van der Waals surface area contributed by atoms with Crippen LogP contribution in [0.2, 0.25) is 0 Å². The molecule has 1 aromatic carbocycles. The number of anilines is 2. The van der Waals surface area contributed by atoms with Crippen molar-refractivity contribution in [2.75, 3.05) is 10.6 Å². The minimum Gasteiger partial charge on any atom is -0.481 e. The normalized spacial score (nSPS) is 18.2. The van der Waals surface area contributed by atoms with E-state index in [9.17, 15) is 9.59 Å². The van der Waals surface area contributed by atoms with Crippen LogP contribution in [0.3, 0.4) is 0 Å². The van der Waals surface area contributed by atoms with E-state index in [1.54, 1.807) is 6.07 Å². The highest BCUT2D eigenvalue weighted by atomic mass is 16.4. The van der Waals surface area contributed by atoms with Gasteiger partial charge in [-0.2, -0.15) is 0 Å². The Bertz CT molecular complexity index is 431. The van der Waals surface area contributed by atoms with E-state index < -0.39 is 12.0 Å². The Morgan fingerprint density at radius 1 is 1.31 bits per heavy atom. The van der Waals surface area contributed by atoms with Crippen molar-refractivity contribution in [2.24, 2.45) is 0 Å². The topological polar surface area (TPSA) is 78.4 Å². The van der Waals surface area contributed by atoms with Crippen molar-refractivity contribution in [3.63, 3.8) is 0 Å². The van der Waals surface area contributed by atoms with Gasteiger partial charge in [-0.3, -0.25) is 9.59 Å². The number of fused-ring (bicyclic) bond motifs is 1. The number of nitrogens with one attached hydrogen (secondary N) is 2. The average Bonchev–Trinajstić information content (AvgIpc) is 2.26. The highest BCUT2D eigenvalue weighted by molar-refractivity contribution is 6.03. The molecule has 0 fully saturated rings. The molecule has 1 amide bonds. The quantitative estimate of drug-likeness (QED) is 0.717. The second kappa shape index (κ2) is 4.22. The molecular formula is C11H12N2O3. The Hall–Kier alpha value is -2.04. The smallest absolute Gasteiger partial charge is 0.303 e. The lowest BCUT2D eigenvalue weighted by atomic mass is 10.1. The molecule has 5 nitrogen and oxygen atoms in total. The maximum Gasteiger partial charge on any atom is 0.303 e. The number of carboxylic acids is 1. The molecule has 0 spiro atoms. The van der Waals surface area contributed by atoms with Crippen molar-refractivity contribution in [2.45, 2.75) is 18.9 Å². The third-order valence-corrected chi connectivity index (χ3v) is 2.48. The lowest BCUT2D eigenvalue weighted by Gasteiger charge is -2.26. The van der Waals surface area contributed by atoms with Gasteiger partial charge in [0.25, 0.3) is 0 Å². The number of para-hydroxylation sites is 2. The molecule has 1 heterocycles. The maximum atomic E-state index is 11.6. The molecule has 1 aliphatic rings. The van der Waals surface area contributed by atoms with Crippen LogP contribution in [-0.2, 0) is 9.59 Å². The van der Waals surface area contributed by atoms with Gasteiger partial charge in [0.05, 0.1) is 11.4 Å². The predicted molar refractivity (Wildman–Crippen MR) is 59.4 cm³/mol. The van der Waals surface area contributed by atoms with Crippen LogP contribution in [0.1, 0.15) is 12.8 Å². The summed E-state index contributed by atoms with van der Waals surface area (Å²) >= 11 is 0. The number of carboxylic acid groups (broad SMARTS) is 1. The van der Waals surface area contributed by atoms with Gasteiger partial charge in [0.1, 0.15) is 6.04 Å². The number of carbonyl (C=O) groups excluding carboxylic acids is 1. The molecule has 0 aliphatic carbocycles. The molecule has 1 atom stereocenters. The zero-order valence-corrected chi connectivity index (χ0v) is 8.56. The molecule has 2 rings (SSSR count). The zero-order chi connectivity index (χ0) is 11.5. The first-order chi connectivity index (χ1) is 7.66. The number of benzene rings is 1. The number of aliphatic carboxylic acids is 1. The van der Waals surface area contributed by atoms with Crippen molar-refractivity contribution < 1.29 is 14.7 Å². The average molecular weight is 220 g/mol. The molecular weight excluding hydrogens is 208 g/mol. The Morgan fingerprint density at radius 2 is 2.00 bits per heavy atom. The summed E-state index contributed by atoms with van der Waals surface area (Å²) < 4.78 is 0. The van der Waals surface area contributed by atoms with Crippen molar-refractivity contribution in [1.29, 1.82) is 0 Å². The zero-order valence-electron chi connectivity index (χ0n) is 8.56.